The Morgan fingerprint density at radius 1 is 1.59 bits per heavy atom. The second-order valence-electron chi connectivity index (χ2n) is 3.99. The van der Waals surface area contributed by atoms with Crippen molar-refractivity contribution >= 4 is 38.6 Å². The zero-order chi connectivity index (χ0) is 12.6. The minimum absolute atomic E-state index is 0.224. The Balaban J connectivity index is 2.46. The molecule has 0 aliphatic carbocycles. The Bertz CT molecular complexity index is 613. The van der Waals surface area contributed by atoms with E-state index in [4.69, 9.17) is 22.6 Å². The Hall–Kier alpha value is -1.16. The van der Waals surface area contributed by atoms with Gasteiger partial charge >= 0.3 is 0 Å². The van der Waals surface area contributed by atoms with Crippen LogP contribution < -0.4 is 5.73 Å². The second kappa shape index (κ2) is 4.26. The number of halogens is 2. The standard InChI is InChI=1S/C10H9BrClN5/c1-10(14,4-13)5-17-15-7-3-2-6(12)8(11)9(7)16-17/h2-3H,5,14H2,1H3. The molecule has 0 aliphatic rings. The van der Waals surface area contributed by atoms with Crippen LogP contribution in [-0.4, -0.2) is 20.5 Å². The van der Waals surface area contributed by atoms with E-state index in [1.807, 2.05) is 6.07 Å². The zero-order valence-electron chi connectivity index (χ0n) is 8.98. The van der Waals surface area contributed by atoms with Crippen LogP contribution in [0.15, 0.2) is 16.6 Å². The maximum absolute atomic E-state index is 8.85. The number of nitriles is 1. The number of fused-ring (bicyclic) bond motifs is 1. The van der Waals surface area contributed by atoms with Gasteiger partial charge in [-0.1, -0.05) is 11.6 Å². The minimum atomic E-state index is -0.995. The SMILES string of the molecule is CC(N)(C#N)Cn1nc2ccc(Cl)c(Br)c2n1. The molecule has 0 fully saturated rings. The number of aromatic nitrogens is 3. The van der Waals surface area contributed by atoms with E-state index in [-0.39, 0.29) is 6.54 Å². The molecular weight excluding hydrogens is 306 g/mol. The zero-order valence-corrected chi connectivity index (χ0v) is 11.3. The van der Waals surface area contributed by atoms with Crippen molar-refractivity contribution in [2.24, 2.45) is 5.73 Å². The molecule has 0 radical (unpaired) electrons. The monoisotopic (exact) mass is 313 g/mol. The van der Waals surface area contributed by atoms with Crippen LogP contribution in [-0.2, 0) is 6.54 Å². The van der Waals surface area contributed by atoms with Crippen LogP contribution in [0.25, 0.3) is 11.0 Å². The molecule has 0 aliphatic heterocycles. The van der Waals surface area contributed by atoms with E-state index >= 15 is 0 Å². The van der Waals surface area contributed by atoms with Crippen molar-refractivity contribution in [3.63, 3.8) is 0 Å². The highest BCUT2D eigenvalue weighted by molar-refractivity contribution is 9.10. The normalized spacial score (nSPS) is 14.5. The molecule has 1 unspecified atom stereocenters. The lowest BCUT2D eigenvalue weighted by Gasteiger charge is -2.13. The lowest BCUT2D eigenvalue weighted by Crippen LogP contribution is -2.39. The summed E-state index contributed by atoms with van der Waals surface area (Å²) in [5, 5.41) is 17.9. The molecule has 2 N–H and O–H groups in total. The van der Waals surface area contributed by atoms with Crippen LogP contribution in [0, 0.1) is 11.3 Å². The predicted octanol–water partition coefficient (Wildman–Crippen LogP) is 2.09. The van der Waals surface area contributed by atoms with E-state index in [0.29, 0.717) is 20.5 Å². The molecule has 2 rings (SSSR count). The van der Waals surface area contributed by atoms with Gasteiger partial charge < -0.3 is 5.73 Å². The van der Waals surface area contributed by atoms with Crippen molar-refractivity contribution < 1.29 is 0 Å². The molecule has 0 spiro atoms. The van der Waals surface area contributed by atoms with Gasteiger partial charge in [-0.05, 0) is 35.0 Å². The molecule has 7 heteroatoms. The number of nitrogens with zero attached hydrogens (tertiary/aromatic N) is 4. The van der Waals surface area contributed by atoms with Crippen molar-refractivity contribution in [3.8, 4) is 6.07 Å². The highest BCUT2D eigenvalue weighted by Gasteiger charge is 2.20. The fourth-order valence-corrected chi connectivity index (χ4v) is 1.93. The molecule has 2 aromatic rings. The van der Waals surface area contributed by atoms with Crippen molar-refractivity contribution in [1.29, 1.82) is 5.26 Å². The smallest absolute Gasteiger partial charge is 0.128 e. The number of nitrogens with two attached hydrogens (primary N) is 1. The molecule has 1 aromatic carbocycles. The molecular formula is C10H9BrClN5. The minimum Gasteiger partial charge on any atom is -0.312 e. The first kappa shape index (κ1) is 12.3. The van der Waals surface area contributed by atoms with Crippen LogP contribution in [0.1, 0.15) is 6.92 Å². The van der Waals surface area contributed by atoms with E-state index in [1.165, 1.54) is 4.80 Å². The molecule has 17 heavy (non-hydrogen) atoms. The largest absolute Gasteiger partial charge is 0.312 e. The summed E-state index contributed by atoms with van der Waals surface area (Å²) in [5.41, 5.74) is 6.11. The van der Waals surface area contributed by atoms with Gasteiger partial charge in [-0.3, -0.25) is 0 Å². The van der Waals surface area contributed by atoms with E-state index < -0.39 is 5.54 Å². The molecule has 88 valence electrons. The van der Waals surface area contributed by atoms with Gasteiger partial charge in [-0.2, -0.15) is 20.3 Å². The Labute approximate surface area is 111 Å². The summed E-state index contributed by atoms with van der Waals surface area (Å²) in [5.74, 6) is 0. The Kier molecular flexibility index (Phi) is 3.08. The fourth-order valence-electron chi connectivity index (χ4n) is 1.37. The van der Waals surface area contributed by atoms with Crippen molar-refractivity contribution in [2.45, 2.75) is 19.0 Å². The van der Waals surface area contributed by atoms with Gasteiger partial charge in [0.05, 0.1) is 22.1 Å². The summed E-state index contributed by atoms with van der Waals surface area (Å²) in [4.78, 5) is 1.41. The fraction of sp³-hybridized carbons (Fsp3) is 0.300. The quantitative estimate of drug-likeness (QED) is 0.920. The third kappa shape index (κ3) is 2.41. The Morgan fingerprint density at radius 2 is 2.29 bits per heavy atom. The Morgan fingerprint density at radius 3 is 2.94 bits per heavy atom. The second-order valence-corrected chi connectivity index (χ2v) is 5.19. The lowest BCUT2D eigenvalue weighted by molar-refractivity contribution is 0.423. The van der Waals surface area contributed by atoms with E-state index in [2.05, 4.69) is 26.1 Å². The van der Waals surface area contributed by atoms with Gasteiger partial charge in [-0.15, -0.1) is 0 Å². The van der Waals surface area contributed by atoms with Crippen molar-refractivity contribution in [2.75, 3.05) is 0 Å². The summed E-state index contributed by atoms with van der Waals surface area (Å²) in [7, 11) is 0. The summed E-state index contributed by atoms with van der Waals surface area (Å²) >= 11 is 9.30. The van der Waals surface area contributed by atoms with Crippen LogP contribution in [0.3, 0.4) is 0 Å². The third-order valence-electron chi connectivity index (χ3n) is 2.21. The molecule has 0 saturated heterocycles. The van der Waals surface area contributed by atoms with Crippen molar-refractivity contribution in [1.82, 2.24) is 15.0 Å². The van der Waals surface area contributed by atoms with Gasteiger partial charge in [0.1, 0.15) is 16.6 Å². The predicted molar refractivity (Wildman–Crippen MR) is 68.4 cm³/mol. The van der Waals surface area contributed by atoms with Crippen molar-refractivity contribution in [3.05, 3.63) is 21.6 Å². The molecule has 0 saturated carbocycles. The summed E-state index contributed by atoms with van der Waals surface area (Å²) in [6.45, 7) is 1.85. The van der Waals surface area contributed by atoms with Crippen LogP contribution in [0.4, 0.5) is 0 Å². The van der Waals surface area contributed by atoms with Crippen LogP contribution in [0.5, 0.6) is 0 Å². The average Bonchev–Trinajstić information content (AvgIpc) is 2.66. The lowest BCUT2D eigenvalue weighted by atomic mass is 10.1. The summed E-state index contributed by atoms with van der Waals surface area (Å²) in [6.07, 6.45) is 0. The molecule has 5 nitrogen and oxygen atoms in total. The maximum atomic E-state index is 8.85. The van der Waals surface area contributed by atoms with E-state index in [9.17, 15) is 0 Å². The molecule has 1 atom stereocenters. The summed E-state index contributed by atoms with van der Waals surface area (Å²) < 4.78 is 0.693. The van der Waals surface area contributed by atoms with E-state index in [0.717, 1.165) is 0 Å². The average molecular weight is 315 g/mol. The number of hydrogen-bond donors (Lipinski definition) is 1. The first-order chi connectivity index (χ1) is 7.93. The first-order valence-electron chi connectivity index (χ1n) is 4.82. The highest BCUT2D eigenvalue weighted by Crippen LogP contribution is 2.28. The van der Waals surface area contributed by atoms with Gasteiger partial charge in [0, 0.05) is 0 Å². The highest BCUT2D eigenvalue weighted by atomic mass is 79.9. The maximum Gasteiger partial charge on any atom is 0.128 e. The molecule has 1 heterocycles. The van der Waals surface area contributed by atoms with Gasteiger partial charge in [0.15, 0.2) is 0 Å². The summed E-state index contributed by atoms with van der Waals surface area (Å²) in [6, 6.07) is 5.50. The third-order valence-corrected chi connectivity index (χ3v) is 3.56. The first-order valence-corrected chi connectivity index (χ1v) is 5.99. The number of rotatable bonds is 2. The van der Waals surface area contributed by atoms with Gasteiger partial charge in [0.25, 0.3) is 0 Å². The number of benzene rings is 1. The van der Waals surface area contributed by atoms with Gasteiger partial charge in [0.2, 0.25) is 0 Å². The number of hydrogen-bond acceptors (Lipinski definition) is 4. The molecule has 0 bridgehead atoms. The van der Waals surface area contributed by atoms with E-state index in [1.54, 1.807) is 19.1 Å². The van der Waals surface area contributed by atoms with Crippen LogP contribution in [0.2, 0.25) is 5.02 Å². The molecule has 1 aromatic heterocycles. The van der Waals surface area contributed by atoms with Gasteiger partial charge in [-0.25, -0.2) is 0 Å². The van der Waals surface area contributed by atoms with Crippen LogP contribution >= 0.6 is 27.5 Å². The topological polar surface area (TPSA) is 80.5 Å². The molecule has 0 amide bonds.